The molecule has 86 valence electrons. The van der Waals surface area contributed by atoms with E-state index in [0.717, 1.165) is 0 Å². The molecule has 1 aromatic heterocycles. The van der Waals surface area contributed by atoms with Crippen molar-refractivity contribution in [3.05, 3.63) is 54.1 Å². The van der Waals surface area contributed by atoms with E-state index in [4.69, 9.17) is 5.11 Å². The molecular formula is C12H9FN2O2. The average molecular weight is 232 g/mol. The minimum absolute atomic E-state index is 0.0945. The van der Waals surface area contributed by atoms with Crippen molar-refractivity contribution >= 4 is 17.3 Å². The number of hydrogen-bond acceptors (Lipinski definition) is 3. The summed E-state index contributed by atoms with van der Waals surface area (Å²) in [6.07, 6.45) is 2.76. The summed E-state index contributed by atoms with van der Waals surface area (Å²) in [5.41, 5.74) is 1.30. The molecule has 0 bridgehead atoms. The standard InChI is InChI=1S/C12H9FN2O2/c13-9-1-3-10(4-2-9)15-11-5-8(12(16)17)6-14-7-11/h1-7,15H,(H,16,17). The maximum atomic E-state index is 12.7. The molecule has 0 saturated heterocycles. The molecule has 0 unspecified atom stereocenters. The van der Waals surface area contributed by atoms with Crippen LogP contribution in [0.25, 0.3) is 0 Å². The van der Waals surface area contributed by atoms with Crippen LogP contribution in [0.3, 0.4) is 0 Å². The van der Waals surface area contributed by atoms with E-state index in [1.54, 1.807) is 12.1 Å². The van der Waals surface area contributed by atoms with Gasteiger partial charge in [0.2, 0.25) is 0 Å². The third-order valence-corrected chi connectivity index (χ3v) is 2.12. The molecular weight excluding hydrogens is 223 g/mol. The van der Waals surface area contributed by atoms with Crippen molar-refractivity contribution in [3.8, 4) is 0 Å². The van der Waals surface area contributed by atoms with Gasteiger partial charge in [-0.3, -0.25) is 4.98 Å². The smallest absolute Gasteiger partial charge is 0.337 e. The summed E-state index contributed by atoms with van der Waals surface area (Å²) in [5, 5.41) is 11.7. The number of carbonyl (C=O) groups is 1. The number of rotatable bonds is 3. The van der Waals surface area contributed by atoms with Gasteiger partial charge in [0, 0.05) is 11.9 Å². The van der Waals surface area contributed by atoms with E-state index in [2.05, 4.69) is 10.3 Å². The van der Waals surface area contributed by atoms with Crippen molar-refractivity contribution in [1.29, 1.82) is 0 Å². The largest absolute Gasteiger partial charge is 0.478 e. The van der Waals surface area contributed by atoms with Gasteiger partial charge in [-0.15, -0.1) is 0 Å². The summed E-state index contributed by atoms with van der Waals surface area (Å²) in [5.74, 6) is -1.37. The lowest BCUT2D eigenvalue weighted by Crippen LogP contribution is -1.99. The van der Waals surface area contributed by atoms with Gasteiger partial charge in [-0.05, 0) is 30.3 Å². The van der Waals surface area contributed by atoms with E-state index < -0.39 is 5.97 Å². The Kier molecular flexibility index (Phi) is 3.00. The Morgan fingerprint density at radius 1 is 1.18 bits per heavy atom. The number of carboxylic acids is 1. The Morgan fingerprint density at radius 3 is 2.53 bits per heavy atom. The minimum Gasteiger partial charge on any atom is -0.478 e. The summed E-state index contributed by atoms with van der Waals surface area (Å²) >= 11 is 0. The Morgan fingerprint density at radius 2 is 1.88 bits per heavy atom. The van der Waals surface area contributed by atoms with Crippen molar-refractivity contribution in [1.82, 2.24) is 4.98 Å². The molecule has 0 aliphatic carbocycles. The summed E-state index contributed by atoms with van der Waals surface area (Å²) < 4.78 is 12.7. The predicted octanol–water partition coefficient (Wildman–Crippen LogP) is 2.66. The Bertz CT molecular complexity index is 540. The number of nitrogens with one attached hydrogen (secondary N) is 1. The quantitative estimate of drug-likeness (QED) is 0.853. The molecule has 0 aliphatic rings. The fraction of sp³-hybridized carbons (Fsp3) is 0. The van der Waals surface area contributed by atoms with Crippen LogP contribution >= 0.6 is 0 Å². The van der Waals surface area contributed by atoms with Crippen LogP contribution in [0.1, 0.15) is 10.4 Å². The van der Waals surface area contributed by atoms with E-state index in [-0.39, 0.29) is 11.4 Å². The van der Waals surface area contributed by atoms with Crippen molar-refractivity contribution in [2.75, 3.05) is 5.32 Å². The zero-order valence-corrected chi connectivity index (χ0v) is 8.72. The number of pyridine rings is 1. The van der Waals surface area contributed by atoms with Gasteiger partial charge in [0.05, 0.1) is 17.4 Å². The summed E-state index contributed by atoms with van der Waals surface area (Å²) in [6.45, 7) is 0. The minimum atomic E-state index is -1.04. The van der Waals surface area contributed by atoms with Gasteiger partial charge < -0.3 is 10.4 Å². The van der Waals surface area contributed by atoms with E-state index in [0.29, 0.717) is 11.4 Å². The molecule has 2 aromatic rings. The van der Waals surface area contributed by atoms with Gasteiger partial charge >= 0.3 is 5.97 Å². The van der Waals surface area contributed by atoms with E-state index in [1.165, 1.54) is 30.6 Å². The van der Waals surface area contributed by atoms with Crippen LogP contribution in [0.2, 0.25) is 0 Å². The second kappa shape index (κ2) is 4.61. The van der Waals surface area contributed by atoms with Crippen molar-refractivity contribution in [3.63, 3.8) is 0 Å². The molecule has 0 saturated carbocycles. The first kappa shape index (κ1) is 11.1. The third-order valence-electron chi connectivity index (χ3n) is 2.12. The molecule has 0 atom stereocenters. The Labute approximate surface area is 96.7 Å². The van der Waals surface area contributed by atoms with Gasteiger partial charge in [0.1, 0.15) is 5.82 Å². The molecule has 5 heteroatoms. The number of carboxylic acid groups (broad SMARTS) is 1. The topological polar surface area (TPSA) is 62.2 Å². The molecule has 2 N–H and O–H groups in total. The third kappa shape index (κ3) is 2.78. The highest BCUT2D eigenvalue weighted by Crippen LogP contribution is 2.16. The Hall–Kier alpha value is -2.43. The fourth-order valence-corrected chi connectivity index (χ4v) is 1.33. The number of aromatic nitrogens is 1. The molecule has 0 fully saturated rings. The lowest BCUT2D eigenvalue weighted by Gasteiger charge is -2.06. The number of anilines is 2. The van der Waals surface area contributed by atoms with Crippen LogP contribution in [-0.4, -0.2) is 16.1 Å². The zero-order valence-electron chi connectivity index (χ0n) is 8.72. The molecule has 0 spiro atoms. The molecule has 1 aromatic carbocycles. The van der Waals surface area contributed by atoms with Crippen LogP contribution in [0.15, 0.2) is 42.7 Å². The second-order valence-corrected chi connectivity index (χ2v) is 3.40. The number of aromatic carboxylic acids is 1. The van der Waals surface area contributed by atoms with Crippen molar-refractivity contribution in [2.45, 2.75) is 0 Å². The van der Waals surface area contributed by atoms with Gasteiger partial charge in [0.25, 0.3) is 0 Å². The van der Waals surface area contributed by atoms with Crippen molar-refractivity contribution < 1.29 is 14.3 Å². The first-order valence-corrected chi connectivity index (χ1v) is 4.86. The first-order chi connectivity index (χ1) is 8.15. The lowest BCUT2D eigenvalue weighted by molar-refractivity contribution is 0.0696. The van der Waals surface area contributed by atoms with Crippen LogP contribution in [0.5, 0.6) is 0 Å². The van der Waals surface area contributed by atoms with Crippen molar-refractivity contribution in [2.24, 2.45) is 0 Å². The molecule has 0 radical (unpaired) electrons. The maximum absolute atomic E-state index is 12.7. The summed E-state index contributed by atoms with van der Waals surface area (Å²) in [6, 6.07) is 7.21. The van der Waals surface area contributed by atoms with Crippen LogP contribution < -0.4 is 5.32 Å². The highest BCUT2D eigenvalue weighted by molar-refractivity contribution is 5.88. The monoisotopic (exact) mass is 232 g/mol. The Balaban J connectivity index is 2.21. The number of nitrogens with zero attached hydrogens (tertiary/aromatic N) is 1. The normalized spacial score (nSPS) is 9.94. The highest BCUT2D eigenvalue weighted by Gasteiger charge is 2.04. The van der Waals surface area contributed by atoms with E-state index >= 15 is 0 Å². The highest BCUT2D eigenvalue weighted by atomic mass is 19.1. The molecule has 0 amide bonds. The first-order valence-electron chi connectivity index (χ1n) is 4.86. The summed E-state index contributed by atoms with van der Waals surface area (Å²) in [7, 11) is 0. The molecule has 4 nitrogen and oxygen atoms in total. The van der Waals surface area contributed by atoms with Gasteiger partial charge in [-0.2, -0.15) is 0 Å². The molecule has 2 rings (SSSR count). The SMILES string of the molecule is O=C(O)c1cncc(Nc2ccc(F)cc2)c1. The van der Waals surface area contributed by atoms with Crippen LogP contribution in [0, 0.1) is 5.82 Å². The van der Waals surface area contributed by atoms with E-state index in [9.17, 15) is 9.18 Å². The number of benzene rings is 1. The van der Waals surface area contributed by atoms with Gasteiger partial charge in [0.15, 0.2) is 0 Å². The fourth-order valence-electron chi connectivity index (χ4n) is 1.33. The maximum Gasteiger partial charge on any atom is 0.337 e. The number of hydrogen-bond donors (Lipinski definition) is 2. The van der Waals surface area contributed by atoms with Crippen LogP contribution in [0.4, 0.5) is 15.8 Å². The second-order valence-electron chi connectivity index (χ2n) is 3.40. The average Bonchev–Trinajstić information content (AvgIpc) is 2.32. The zero-order chi connectivity index (χ0) is 12.3. The number of halogens is 1. The van der Waals surface area contributed by atoms with Gasteiger partial charge in [-0.25, -0.2) is 9.18 Å². The van der Waals surface area contributed by atoms with Gasteiger partial charge in [-0.1, -0.05) is 0 Å². The summed E-state index contributed by atoms with van der Waals surface area (Å²) in [4.78, 5) is 14.5. The molecule has 17 heavy (non-hydrogen) atoms. The van der Waals surface area contributed by atoms with E-state index in [1.807, 2.05) is 0 Å². The molecule has 1 heterocycles. The lowest BCUT2D eigenvalue weighted by atomic mass is 10.2. The predicted molar refractivity (Wildman–Crippen MR) is 60.9 cm³/mol. The van der Waals surface area contributed by atoms with Crippen LogP contribution in [-0.2, 0) is 0 Å². The molecule has 0 aliphatic heterocycles.